The minimum atomic E-state index is -0.135. The molecule has 0 aliphatic heterocycles. The van der Waals surface area contributed by atoms with Crippen molar-refractivity contribution in [1.82, 2.24) is 10.6 Å². The summed E-state index contributed by atoms with van der Waals surface area (Å²) in [5.74, 6) is -0.237. The minimum Gasteiger partial charge on any atom is -0.385 e. The number of amides is 2. The standard InChI is InChI=1S/C16H24N2O3/c1-3-4-10-17-15(19)13-6-8-14(9-7-13)16(20)18-11-5-12-21-2/h6-9H,3-5,10-12H2,1-2H3,(H,17,19)(H,18,20). The third kappa shape index (κ3) is 6.40. The molecule has 1 aromatic rings. The smallest absolute Gasteiger partial charge is 0.251 e. The maximum Gasteiger partial charge on any atom is 0.251 e. The highest BCUT2D eigenvalue weighted by Gasteiger charge is 2.08. The topological polar surface area (TPSA) is 67.4 Å². The first kappa shape index (κ1) is 17.2. The van der Waals surface area contributed by atoms with Crippen LogP contribution in [-0.4, -0.2) is 38.6 Å². The predicted octanol–water partition coefficient (Wildman–Crippen LogP) is 1.98. The van der Waals surface area contributed by atoms with E-state index in [2.05, 4.69) is 17.6 Å². The van der Waals surface area contributed by atoms with Crippen LogP contribution in [0.1, 0.15) is 46.9 Å². The molecule has 1 aromatic carbocycles. The summed E-state index contributed by atoms with van der Waals surface area (Å²) in [5.41, 5.74) is 1.12. The van der Waals surface area contributed by atoms with Crippen LogP contribution in [0.15, 0.2) is 24.3 Å². The van der Waals surface area contributed by atoms with Crippen molar-refractivity contribution in [2.24, 2.45) is 0 Å². The molecule has 116 valence electrons. The molecule has 5 heteroatoms. The highest BCUT2D eigenvalue weighted by atomic mass is 16.5. The first-order valence-electron chi connectivity index (χ1n) is 7.34. The van der Waals surface area contributed by atoms with E-state index in [1.54, 1.807) is 31.4 Å². The molecule has 21 heavy (non-hydrogen) atoms. The van der Waals surface area contributed by atoms with Crippen molar-refractivity contribution in [1.29, 1.82) is 0 Å². The van der Waals surface area contributed by atoms with Gasteiger partial charge in [0.15, 0.2) is 0 Å². The fraction of sp³-hybridized carbons (Fsp3) is 0.500. The molecule has 0 saturated heterocycles. The summed E-state index contributed by atoms with van der Waals surface area (Å²) in [6.45, 7) is 3.95. The van der Waals surface area contributed by atoms with E-state index in [0.29, 0.717) is 30.8 Å². The summed E-state index contributed by atoms with van der Waals surface area (Å²) in [6, 6.07) is 6.68. The monoisotopic (exact) mass is 292 g/mol. The maximum atomic E-state index is 11.8. The number of ether oxygens (including phenoxy) is 1. The molecule has 0 saturated carbocycles. The number of nitrogens with one attached hydrogen (secondary N) is 2. The summed E-state index contributed by atoms with van der Waals surface area (Å²) in [5, 5.41) is 5.65. The van der Waals surface area contributed by atoms with Gasteiger partial charge in [0.25, 0.3) is 11.8 Å². The van der Waals surface area contributed by atoms with Crippen LogP contribution >= 0.6 is 0 Å². The average molecular weight is 292 g/mol. The van der Waals surface area contributed by atoms with E-state index in [1.807, 2.05) is 0 Å². The van der Waals surface area contributed by atoms with Gasteiger partial charge in [0.05, 0.1) is 0 Å². The second-order valence-corrected chi connectivity index (χ2v) is 4.79. The van der Waals surface area contributed by atoms with E-state index in [4.69, 9.17) is 4.74 Å². The first-order valence-corrected chi connectivity index (χ1v) is 7.34. The van der Waals surface area contributed by atoms with Gasteiger partial charge in [-0.05, 0) is 37.1 Å². The number of hydrogen-bond acceptors (Lipinski definition) is 3. The molecule has 0 bridgehead atoms. The van der Waals surface area contributed by atoms with Gasteiger partial charge in [-0.3, -0.25) is 9.59 Å². The van der Waals surface area contributed by atoms with Crippen LogP contribution in [0.25, 0.3) is 0 Å². The van der Waals surface area contributed by atoms with E-state index in [1.165, 1.54) is 0 Å². The van der Waals surface area contributed by atoms with Crippen LogP contribution in [0, 0.1) is 0 Å². The van der Waals surface area contributed by atoms with Gasteiger partial charge in [-0.2, -0.15) is 0 Å². The van der Waals surface area contributed by atoms with Crippen LogP contribution in [0.4, 0.5) is 0 Å². The van der Waals surface area contributed by atoms with Gasteiger partial charge < -0.3 is 15.4 Å². The molecule has 0 atom stereocenters. The van der Waals surface area contributed by atoms with Crippen molar-refractivity contribution in [2.75, 3.05) is 26.8 Å². The molecule has 0 aliphatic rings. The molecule has 0 fully saturated rings. The third-order valence-electron chi connectivity index (χ3n) is 3.04. The normalized spacial score (nSPS) is 10.2. The van der Waals surface area contributed by atoms with Crippen LogP contribution in [0.3, 0.4) is 0 Å². The summed E-state index contributed by atoms with van der Waals surface area (Å²) < 4.78 is 4.92. The Balaban J connectivity index is 2.45. The summed E-state index contributed by atoms with van der Waals surface area (Å²) in [4.78, 5) is 23.7. The molecular weight excluding hydrogens is 268 g/mol. The molecule has 2 N–H and O–H groups in total. The van der Waals surface area contributed by atoms with Gasteiger partial charge in [-0.25, -0.2) is 0 Å². The molecule has 0 spiro atoms. The number of carbonyl (C=O) groups excluding carboxylic acids is 2. The van der Waals surface area contributed by atoms with Gasteiger partial charge in [0.1, 0.15) is 0 Å². The van der Waals surface area contributed by atoms with E-state index in [0.717, 1.165) is 19.3 Å². The van der Waals surface area contributed by atoms with Crippen LogP contribution in [0.2, 0.25) is 0 Å². The predicted molar refractivity (Wildman–Crippen MR) is 82.5 cm³/mol. The molecule has 0 aromatic heterocycles. The van der Waals surface area contributed by atoms with Crippen LogP contribution in [-0.2, 0) is 4.74 Å². The highest BCUT2D eigenvalue weighted by Crippen LogP contribution is 2.04. The lowest BCUT2D eigenvalue weighted by Gasteiger charge is -2.07. The quantitative estimate of drug-likeness (QED) is 0.684. The van der Waals surface area contributed by atoms with Gasteiger partial charge in [-0.15, -0.1) is 0 Å². The fourth-order valence-electron chi connectivity index (χ4n) is 1.77. The number of benzene rings is 1. The Morgan fingerprint density at radius 2 is 1.43 bits per heavy atom. The zero-order chi connectivity index (χ0) is 15.5. The largest absolute Gasteiger partial charge is 0.385 e. The van der Waals surface area contributed by atoms with Crippen molar-refractivity contribution >= 4 is 11.8 Å². The van der Waals surface area contributed by atoms with Crippen LogP contribution in [0.5, 0.6) is 0 Å². The molecule has 0 unspecified atom stereocenters. The Hall–Kier alpha value is -1.88. The molecular formula is C16H24N2O3. The first-order chi connectivity index (χ1) is 10.2. The fourth-order valence-corrected chi connectivity index (χ4v) is 1.77. The third-order valence-corrected chi connectivity index (χ3v) is 3.04. The van der Waals surface area contributed by atoms with E-state index in [-0.39, 0.29) is 11.8 Å². The molecule has 0 heterocycles. The molecule has 0 aliphatic carbocycles. The lowest BCUT2D eigenvalue weighted by atomic mass is 10.1. The number of carbonyl (C=O) groups is 2. The van der Waals surface area contributed by atoms with Gasteiger partial charge in [0.2, 0.25) is 0 Å². The van der Waals surface area contributed by atoms with Crippen molar-refractivity contribution in [3.8, 4) is 0 Å². The Labute approximate surface area is 126 Å². The van der Waals surface area contributed by atoms with E-state index in [9.17, 15) is 9.59 Å². The second-order valence-electron chi connectivity index (χ2n) is 4.79. The molecule has 1 rings (SSSR count). The summed E-state index contributed by atoms with van der Waals surface area (Å²) >= 11 is 0. The number of unbranched alkanes of at least 4 members (excludes halogenated alkanes) is 1. The zero-order valence-electron chi connectivity index (χ0n) is 12.8. The second kappa shape index (κ2) is 9.94. The minimum absolute atomic E-state index is 0.101. The van der Waals surface area contributed by atoms with Crippen molar-refractivity contribution in [3.63, 3.8) is 0 Å². The summed E-state index contributed by atoms with van der Waals surface area (Å²) in [7, 11) is 1.63. The lowest BCUT2D eigenvalue weighted by molar-refractivity contribution is 0.0938. The van der Waals surface area contributed by atoms with E-state index < -0.39 is 0 Å². The molecule has 0 radical (unpaired) electrons. The van der Waals surface area contributed by atoms with Crippen molar-refractivity contribution < 1.29 is 14.3 Å². The number of hydrogen-bond donors (Lipinski definition) is 2. The highest BCUT2D eigenvalue weighted by molar-refractivity contribution is 5.97. The average Bonchev–Trinajstić information content (AvgIpc) is 2.51. The van der Waals surface area contributed by atoms with Gasteiger partial charge >= 0.3 is 0 Å². The molecule has 2 amide bonds. The zero-order valence-corrected chi connectivity index (χ0v) is 12.8. The molecule has 5 nitrogen and oxygen atoms in total. The van der Waals surface area contributed by atoms with Crippen LogP contribution < -0.4 is 10.6 Å². The van der Waals surface area contributed by atoms with Gasteiger partial charge in [0, 0.05) is 37.9 Å². The SMILES string of the molecule is CCCCNC(=O)c1ccc(C(=O)NCCCOC)cc1. The Morgan fingerprint density at radius 3 is 1.86 bits per heavy atom. The Kier molecular flexibility index (Phi) is 8.12. The van der Waals surface area contributed by atoms with E-state index >= 15 is 0 Å². The van der Waals surface area contributed by atoms with Gasteiger partial charge in [-0.1, -0.05) is 13.3 Å². The van der Waals surface area contributed by atoms with Crippen molar-refractivity contribution in [3.05, 3.63) is 35.4 Å². The summed E-state index contributed by atoms with van der Waals surface area (Å²) in [6.07, 6.45) is 2.79. The Bertz CT molecular complexity index is 443. The van der Waals surface area contributed by atoms with Crippen molar-refractivity contribution in [2.45, 2.75) is 26.2 Å². The Morgan fingerprint density at radius 1 is 0.952 bits per heavy atom. The number of rotatable bonds is 9. The number of methoxy groups -OCH3 is 1. The lowest BCUT2D eigenvalue weighted by Crippen LogP contribution is -2.26. The maximum absolute atomic E-state index is 11.8.